The Hall–Kier alpha value is -2.86. The van der Waals surface area contributed by atoms with E-state index in [0.29, 0.717) is 12.1 Å². The molecule has 0 fully saturated rings. The maximum absolute atomic E-state index is 11.5. The summed E-state index contributed by atoms with van der Waals surface area (Å²) in [6.07, 6.45) is 0.400. The Bertz CT molecular complexity index is 604. The number of hydrogen-bond donors (Lipinski definition) is 1. The molecule has 0 radical (unpaired) electrons. The molecule has 6 heteroatoms. The summed E-state index contributed by atoms with van der Waals surface area (Å²) >= 11 is 0. The van der Waals surface area contributed by atoms with Crippen molar-refractivity contribution in [2.75, 3.05) is 17.4 Å². The summed E-state index contributed by atoms with van der Waals surface area (Å²) in [5.74, 6) is 0.0420. The van der Waals surface area contributed by atoms with Crippen molar-refractivity contribution in [1.29, 1.82) is 10.5 Å². The van der Waals surface area contributed by atoms with Gasteiger partial charge in [-0.3, -0.25) is 10.2 Å². The quantitative estimate of drug-likeness (QED) is 0.616. The second kappa shape index (κ2) is 4.56. The number of carbonyl (C=O) groups excluding carboxylic acids is 1. The highest BCUT2D eigenvalue weighted by atomic mass is 16.2. The summed E-state index contributed by atoms with van der Waals surface area (Å²) < 4.78 is 0. The average molecular weight is 239 g/mol. The summed E-state index contributed by atoms with van der Waals surface area (Å²) in [5, 5.41) is 20.7. The van der Waals surface area contributed by atoms with E-state index >= 15 is 0 Å². The zero-order chi connectivity index (χ0) is 13.1. The third kappa shape index (κ3) is 2.00. The smallest absolute Gasteiger partial charge is 0.237 e. The number of hydrazone groups is 1. The highest BCUT2D eigenvalue weighted by Crippen LogP contribution is 2.30. The fourth-order valence-corrected chi connectivity index (χ4v) is 1.71. The molecule has 18 heavy (non-hydrogen) atoms. The van der Waals surface area contributed by atoms with Crippen LogP contribution in [0.5, 0.6) is 0 Å². The number of anilines is 2. The van der Waals surface area contributed by atoms with Crippen molar-refractivity contribution in [2.45, 2.75) is 6.42 Å². The average Bonchev–Trinajstić information content (AvgIpc) is 2.67. The fraction of sp³-hybridized carbons (Fsp3) is 0.167. The molecular weight excluding hydrogens is 230 g/mol. The molecule has 0 bridgehead atoms. The lowest BCUT2D eigenvalue weighted by Crippen LogP contribution is -2.20. The molecule has 0 saturated heterocycles. The minimum absolute atomic E-state index is 0.0420. The molecule has 0 spiro atoms. The molecule has 2 rings (SSSR count). The van der Waals surface area contributed by atoms with E-state index in [1.807, 2.05) is 6.07 Å². The van der Waals surface area contributed by atoms with Gasteiger partial charge in [0.2, 0.25) is 11.6 Å². The highest BCUT2D eigenvalue weighted by molar-refractivity contribution is 6.10. The van der Waals surface area contributed by atoms with E-state index in [-0.39, 0.29) is 11.6 Å². The highest BCUT2D eigenvalue weighted by Gasteiger charge is 2.23. The largest absolute Gasteiger partial charge is 0.315 e. The van der Waals surface area contributed by atoms with Gasteiger partial charge in [0.1, 0.15) is 12.1 Å². The van der Waals surface area contributed by atoms with Gasteiger partial charge in [0.15, 0.2) is 0 Å². The topological polar surface area (TPSA) is 92.3 Å². The van der Waals surface area contributed by atoms with E-state index in [4.69, 9.17) is 10.5 Å². The molecule has 0 saturated carbocycles. The summed E-state index contributed by atoms with van der Waals surface area (Å²) in [7, 11) is 1.71. The van der Waals surface area contributed by atoms with Gasteiger partial charge in [-0.1, -0.05) is 6.07 Å². The number of fused-ring (bicyclic) bond motifs is 1. The predicted octanol–water partition coefficient (Wildman–Crippen LogP) is 1.02. The van der Waals surface area contributed by atoms with E-state index < -0.39 is 0 Å². The molecule has 6 nitrogen and oxygen atoms in total. The minimum atomic E-state index is -0.250. The van der Waals surface area contributed by atoms with E-state index in [9.17, 15) is 4.79 Å². The first-order valence-corrected chi connectivity index (χ1v) is 5.19. The van der Waals surface area contributed by atoms with Crippen LogP contribution in [0, 0.1) is 22.7 Å². The Morgan fingerprint density at radius 2 is 2.17 bits per heavy atom. The van der Waals surface area contributed by atoms with Crippen molar-refractivity contribution in [1.82, 2.24) is 0 Å². The first-order valence-electron chi connectivity index (χ1n) is 5.19. The van der Waals surface area contributed by atoms with Gasteiger partial charge >= 0.3 is 0 Å². The molecule has 88 valence electrons. The molecule has 1 aliphatic heterocycles. The number of benzene rings is 1. The molecule has 1 aliphatic rings. The van der Waals surface area contributed by atoms with Crippen molar-refractivity contribution < 1.29 is 4.79 Å². The van der Waals surface area contributed by atoms with Crippen LogP contribution in [-0.4, -0.2) is 18.7 Å². The number of amides is 1. The van der Waals surface area contributed by atoms with E-state index in [1.54, 1.807) is 36.2 Å². The fourth-order valence-electron chi connectivity index (χ4n) is 1.71. The van der Waals surface area contributed by atoms with Gasteiger partial charge in [-0.2, -0.15) is 15.6 Å². The first kappa shape index (κ1) is 11.6. The van der Waals surface area contributed by atoms with Crippen molar-refractivity contribution in [3.8, 4) is 12.1 Å². The molecular formula is C12H9N5O. The zero-order valence-electron chi connectivity index (χ0n) is 9.64. The lowest BCUT2D eigenvalue weighted by Gasteiger charge is -2.11. The molecule has 1 aromatic carbocycles. The monoisotopic (exact) mass is 239 g/mol. The lowest BCUT2D eigenvalue weighted by molar-refractivity contribution is -0.117. The summed E-state index contributed by atoms with van der Waals surface area (Å²) in [6.45, 7) is 0. The van der Waals surface area contributed by atoms with Crippen molar-refractivity contribution in [3.05, 3.63) is 23.8 Å². The SMILES string of the molecule is CN1C(=O)Cc2ccc(NN=C(C#N)C#N)cc21. The van der Waals surface area contributed by atoms with E-state index in [0.717, 1.165) is 11.3 Å². The Kier molecular flexibility index (Phi) is 2.94. The van der Waals surface area contributed by atoms with Crippen LogP contribution in [0.3, 0.4) is 0 Å². The Morgan fingerprint density at radius 1 is 1.44 bits per heavy atom. The molecule has 0 aromatic heterocycles. The van der Waals surface area contributed by atoms with Crippen LogP contribution < -0.4 is 10.3 Å². The van der Waals surface area contributed by atoms with Gasteiger partial charge in [0.25, 0.3) is 0 Å². The molecule has 1 aromatic rings. The van der Waals surface area contributed by atoms with E-state index in [1.165, 1.54) is 0 Å². The van der Waals surface area contributed by atoms with Crippen LogP contribution in [0.2, 0.25) is 0 Å². The van der Waals surface area contributed by atoms with Gasteiger partial charge in [-0.25, -0.2) is 0 Å². The van der Waals surface area contributed by atoms with Crippen molar-refractivity contribution >= 4 is 23.0 Å². The third-order valence-electron chi connectivity index (χ3n) is 2.67. The second-order valence-electron chi connectivity index (χ2n) is 3.77. The van der Waals surface area contributed by atoms with Gasteiger partial charge in [0, 0.05) is 12.7 Å². The van der Waals surface area contributed by atoms with Crippen molar-refractivity contribution in [3.63, 3.8) is 0 Å². The van der Waals surface area contributed by atoms with Crippen LogP contribution in [0.1, 0.15) is 5.56 Å². The molecule has 1 heterocycles. The van der Waals surface area contributed by atoms with Gasteiger partial charge in [-0.15, -0.1) is 0 Å². The Labute approximate surface area is 104 Å². The van der Waals surface area contributed by atoms with Crippen LogP contribution in [0.25, 0.3) is 0 Å². The van der Waals surface area contributed by atoms with Gasteiger partial charge in [0.05, 0.1) is 12.1 Å². The number of hydrogen-bond acceptors (Lipinski definition) is 5. The number of carbonyl (C=O) groups is 1. The first-order chi connectivity index (χ1) is 8.65. The molecule has 1 amide bonds. The standard InChI is InChI=1S/C12H9N5O/c1-17-11-5-9(15-16-10(6-13)7-14)3-2-8(11)4-12(17)18/h2-3,5,15H,4H2,1H3. The van der Waals surface area contributed by atoms with Gasteiger partial charge < -0.3 is 4.90 Å². The maximum Gasteiger partial charge on any atom is 0.237 e. The van der Waals surface area contributed by atoms with E-state index in [2.05, 4.69) is 10.5 Å². The zero-order valence-corrected chi connectivity index (χ0v) is 9.64. The predicted molar refractivity (Wildman–Crippen MR) is 65.8 cm³/mol. The Balaban J connectivity index is 2.25. The number of nitrogens with zero attached hydrogens (tertiary/aromatic N) is 4. The normalized spacial score (nSPS) is 12.4. The van der Waals surface area contributed by atoms with Crippen LogP contribution in [0.4, 0.5) is 11.4 Å². The minimum Gasteiger partial charge on any atom is -0.315 e. The number of likely N-dealkylation sites (N-methyl/N-ethyl adjacent to an activating group) is 1. The maximum atomic E-state index is 11.5. The van der Waals surface area contributed by atoms with Crippen LogP contribution in [-0.2, 0) is 11.2 Å². The number of nitrogens with one attached hydrogen (secondary N) is 1. The number of nitriles is 2. The molecule has 0 aliphatic carbocycles. The summed E-state index contributed by atoms with van der Waals surface area (Å²) in [6, 6.07) is 8.64. The third-order valence-corrected chi connectivity index (χ3v) is 2.67. The molecule has 0 unspecified atom stereocenters. The summed E-state index contributed by atoms with van der Waals surface area (Å²) in [4.78, 5) is 13.1. The van der Waals surface area contributed by atoms with Gasteiger partial charge in [-0.05, 0) is 17.7 Å². The Morgan fingerprint density at radius 3 is 2.83 bits per heavy atom. The van der Waals surface area contributed by atoms with Crippen molar-refractivity contribution in [2.24, 2.45) is 5.10 Å². The molecule has 0 atom stereocenters. The van der Waals surface area contributed by atoms with Crippen LogP contribution in [0.15, 0.2) is 23.3 Å². The second-order valence-corrected chi connectivity index (χ2v) is 3.77. The van der Waals surface area contributed by atoms with Crippen LogP contribution >= 0.6 is 0 Å². The lowest BCUT2D eigenvalue weighted by atomic mass is 10.1. The number of rotatable bonds is 2. The molecule has 1 N–H and O–H groups in total. The summed E-state index contributed by atoms with van der Waals surface area (Å²) in [5.41, 5.74) is 4.76.